The van der Waals surface area contributed by atoms with Crippen LogP contribution in [0.2, 0.25) is 5.02 Å². The molecule has 0 atom stereocenters. The van der Waals surface area contributed by atoms with Gasteiger partial charge in [-0.15, -0.1) is 0 Å². The Balaban J connectivity index is 2.59. The summed E-state index contributed by atoms with van der Waals surface area (Å²) in [5.74, 6) is 0.0127. The van der Waals surface area contributed by atoms with E-state index in [0.29, 0.717) is 17.2 Å². The predicted molar refractivity (Wildman–Crippen MR) is 45.4 cm³/mol. The lowest BCUT2D eigenvalue weighted by atomic mass is 10.0. The number of rotatable bonds is 0. The molecule has 62 valence electrons. The minimum atomic E-state index is 0.0127. The van der Waals surface area contributed by atoms with Gasteiger partial charge in [0.05, 0.1) is 6.61 Å². The lowest BCUT2D eigenvalue weighted by molar-refractivity contribution is 0.0666. The van der Waals surface area contributed by atoms with E-state index in [4.69, 9.17) is 16.3 Å². The van der Waals surface area contributed by atoms with Crippen LogP contribution < -0.4 is 0 Å². The van der Waals surface area contributed by atoms with Gasteiger partial charge in [-0.05, 0) is 6.07 Å². The lowest BCUT2D eigenvalue weighted by Crippen LogP contribution is -2.18. The molecule has 3 heteroatoms. The zero-order valence-electron chi connectivity index (χ0n) is 6.34. The van der Waals surface area contributed by atoms with Crippen molar-refractivity contribution in [1.82, 2.24) is 0 Å². The lowest BCUT2D eigenvalue weighted by Gasteiger charge is -2.15. The molecule has 0 bridgehead atoms. The SMILES string of the molecule is O=C1COCc2c(Cl)cccc21. The topological polar surface area (TPSA) is 26.3 Å². The Bertz CT molecular complexity index is 333. The highest BCUT2D eigenvalue weighted by atomic mass is 35.5. The van der Waals surface area contributed by atoms with Crippen LogP contribution in [0.1, 0.15) is 15.9 Å². The molecule has 0 saturated carbocycles. The van der Waals surface area contributed by atoms with Crippen LogP contribution in [-0.2, 0) is 11.3 Å². The number of hydrogen-bond acceptors (Lipinski definition) is 2. The number of carbonyl (C=O) groups is 1. The minimum absolute atomic E-state index is 0.0127. The van der Waals surface area contributed by atoms with Gasteiger partial charge in [-0.1, -0.05) is 23.7 Å². The van der Waals surface area contributed by atoms with E-state index < -0.39 is 0 Å². The maximum Gasteiger partial charge on any atom is 0.188 e. The van der Waals surface area contributed by atoms with Crippen molar-refractivity contribution in [3.8, 4) is 0 Å². The molecule has 12 heavy (non-hydrogen) atoms. The van der Waals surface area contributed by atoms with Gasteiger partial charge in [-0.2, -0.15) is 0 Å². The fourth-order valence-corrected chi connectivity index (χ4v) is 1.52. The highest BCUT2D eigenvalue weighted by molar-refractivity contribution is 6.32. The molecule has 2 rings (SSSR count). The van der Waals surface area contributed by atoms with Gasteiger partial charge < -0.3 is 4.74 Å². The maximum atomic E-state index is 11.3. The quantitative estimate of drug-likeness (QED) is 0.614. The molecule has 0 spiro atoms. The Hall–Kier alpha value is -0.860. The van der Waals surface area contributed by atoms with Gasteiger partial charge in [0.25, 0.3) is 0 Å². The molecule has 1 aliphatic heterocycles. The number of benzene rings is 1. The first-order valence-corrected chi connectivity index (χ1v) is 4.05. The molecule has 1 aliphatic rings. The molecule has 0 aliphatic carbocycles. The molecule has 1 heterocycles. The van der Waals surface area contributed by atoms with Gasteiger partial charge in [0.1, 0.15) is 6.61 Å². The van der Waals surface area contributed by atoms with E-state index in [1.165, 1.54) is 0 Å². The molecular formula is C9H7ClO2. The van der Waals surface area contributed by atoms with E-state index in [0.717, 1.165) is 5.56 Å². The van der Waals surface area contributed by atoms with E-state index >= 15 is 0 Å². The van der Waals surface area contributed by atoms with E-state index in [-0.39, 0.29) is 12.4 Å². The first-order valence-electron chi connectivity index (χ1n) is 3.67. The van der Waals surface area contributed by atoms with Crippen molar-refractivity contribution in [1.29, 1.82) is 0 Å². The van der Waals surface area contributed by atoms with Crippen LogP contribution in [0.15, 0.2) is 18.2 Å². The van der Waals surface area contributed by atoms with Gasteiger partial charge in [-0.3, -0.25) is 4.79 Å². The first-order chi connectivity index (χ1) is 5.79. The Morgan fingerprint density at radius 3 is 2.92 bits per heavy atom. The molecule has 0 saturated heterocycles. The van der Waals surface area contributed by atoms with Crippen molar-refractivity contribution in [2.75, 3.05) is 6.61 Å². The summed E-state index contributed by atoms with van der Waals surface area (Å²) >= 11 is 5.88. The van der Waals surface area contributed by atoms with Crippen LogP contribution in [0.4, 0.5) is 0 Å². The third-order valence-corrected chi connectivity index (χ3v) is 2.25. The molecule has 0 radical (unpaired) electrons. The zero-order chi connectivity index (χ0) is 8.55. The van der Waals surface area contributed by atoms with Crippen LogP contribution >= 0.6 is 11.6 Å². The second-order valence-electron chi connectivity index (χ2n) is 2.68. The molecule has 0 unspecified atom stereocenters. The third kappa shape index (κ3) is 1.13. The van der Waals surface area contributed by atoms with Gasteiger partial charge in [0, 0.05) is 16.1 Å². The number of ether oxygens (including phenoxy) is 1. The Morgan fingerprint density at radius 2 is 2.17 bits per heavy atom. The summed E-state index contributed by atoms with van der Waals surface area (Å²) < 4.78 is 5.06. The molecule has 0 fully saturated rings. The molecule has 1 aromatic carbocycles. The number of hydrogen-bond donors (Lipinski definition) is 0. The summed E-state index contributed by atoms with van der Waals surface area (Å²) in [4.78, 5) is 11.3. The smallest absolute Gasteiger partial charge is 0.188 e. The fraction of sp³-hybridized carbons (Fsp3) is 0.222. The van der Waals surface area contributed by atoms with Crippen molar-refractivity contribution >= 4 is 17.4 Å². The normalized spacial score (nSPS) is 15.9. The molecule has 2 nitrogen and oxygen atoms in total. The molecular weight excluding hydrogens is 176 g/mol. The molecule has 0 N–H and O–H groups in total. The number of halogens is 1. The third-order valence-electron chi connectivity index (χ3n) is 1.90. The monoisotopic (exact) mass is 182 g/mol. The van der Waals surface area contributed by atoms with Crippen LogP contribution in [0.5, 0.6) is 0 Å². The van der Waals surface area contributed by atoms with Crippen LogP contribution in [0.3, 0.4) is 0 Å². The van der Waals surface area contributed by atoms with Crippen molar-refractivity contribution < 1.29 is 9.53 Å². The Kier molecular flexibility index (Phi) is 1.87. The van der Waals surface area contributed by atoms with Crippen molar-refractivity contribution in [3.63, 3.8) is 0 Å². The highest BCUT2D eigenvalue weighted by Gasteiger charge is 2.18. The first kappa shape index (κ1) is 7.77. The standard InChI is InChI=1S/C9H7ClO2/c10-8-3-1-2-6-7(8)4-12-5-9(6)11/h1-3H,4-5H2. The number of carbonyl (C=O) groups excluding carboxylic acids is 1. The van der Waals surface area contributed by atoms with E-state index in [2.05, 4.69) is 0 Å². The molecule has 1 aromatic rings. The average Bonchev–Trinajstić information content (AvgIpc) is 2.07. The van der Waals surface area contributed by atoms with Crippen molar-refractivity contribution in [3.05, 3.63) is 34.3 Å². The minimum Gasteiger partial charge on any atom is -0.369 e. The highest BCUT2D eigenvalue weighted by Crippen LogP contribution is 2.24. The van der Waals surface area contributed by atoms with Crippen molar-refractivity contribution in [2.24, 2.45) is 0 Å². The summed E-state index contributed by atoms with van der Waals surface area (Å²) in [5, 5.41) is 0.612. The summed E-state index contributed by atoms with van der Waals surface area (Å²) in [7, 11) is 0. The number of fused-ring (bicyclic) bond motifs is 1. The average molecular weight is 183 g/mol. The van der Waals surface area contributed by atoms with Gasteiger partial charge in [0.2, 0.25) is 0 Å². The molecule has 0 aromatic heterocycles. The second-order valence-corrected chi connectivity index (χ2v) is 3.09. The Morgan fingerprint density at radius 1 is 1.33 bits per heavy atom. The largest absolute Gasteiger partial charge is 0.369 e. The number of ketones is 1. The van der Waals surface area contributed by atoms with Crippen LogP contribution in [0, 0.1) is 0 Å². The van der Waals surface area contributed by atoms with Gasteiger partial charge in [0.15, 0.2) is 5.78 Å². The summed E-state index contributed by atoms with van der Waals surface area (Å²) in [6.45, 7) is 0.619. The van der Waals surface area contributed by atoms with E-state index in [1.54, 1.807) is 18.2 Å². The van der Waals surface area contributed by atoms with Gasteiger partial charge in [-0.25, -0.2) is 0 Å². The molecule has 0 amide bonds. The Labute approximate surface area is 75.1 Å². The summed E-state index contributed by atoms with van der Waals surface area (Å²) in [6.07, 6.45) is 0. The number of Topliss-reactive ketones (excluding diaryl/α,β-unsaturated/α-hetero) is 1. The summed E-state index contributed by atoms with van der Waals surface area (Å²) in [5.41, 5.74) is 1.52. The van der Waals surface area contributed by atoms with E-state index in [9.17, 15) is 4.79 Å². The van der Waals surface area contributed by atoms with E-state index in [1.807, 2.05) is 0 Å². The second kappa shape index (κ2) is 2.88. The van der Waals surface area contributed by atoms with Crippen LogP contribution in [-0.4, -0.2) is 12.4 Å². The van der Waals surface area contributed by atoms with Gasteiger partial charge >= 0.3 is 0 Å². The predicted octanol–water partition coefficient (Wildman–Crippen LogP) is 2.05. The fourth-order valence-electron chi connectivity index (χ4n) is 1.29. The van der Waals surface area contributed by atoms with Crippen molar-refractivity contribution in [2.45, 2.75) is 6.61 Å². The summed E-state index contributed by atoms with van der Waals surface area (Å²) in [6, 6.07) is 5.33. The zero-order valence-corrected chi connectivity index (χ0v) is 7.10. The van der Waals surface area contributed by atoms with Crippen LogP contribution in [0.25, 0.3) is 0 Å². The maximum absolute atomic E-state index is 11.3.